The second-order valence-corrected chi connectivity index (χ2v) is 3.50. The number of anilines is 1. The van der Waals surface area contributed by atoms with Crippen molar-refractivity contribution in [2.24, 2.45) is 0 Å². The summed E-state index contributed by atoms with van der Waals surface area (Å²) in [6.45, 7) is -0.703. The number of hydrogen-bond donors (Lipinski definition) is 4. The summed E-state index contributed by atoms with van der Waals surface area (Å²) >= 11 is 0. The number of carbonyl (C=O) groups is 1. The molecule has 0 aromatic heterocycles. The molecule has 1 rings (SSSR count). The van der Waals surface area contributed by atoms with E-state index in [2.05, 4.69) is 5.32 Å². The van der Waals surface area contributed by atoms with Gasteiger partial charge < -0.3 is 20.6 Å². The van der Waals surface area contributed by atoms with Crippen LogP contribution in [0.4, 0.5) is 11.4 Å². The molecule has 0 aliphatic heterocycles. The Bertz CT molecular complexity index is 458. The van der Waals surface area contributed by atoms with Crippen molar-refractivity contribution in [2.75, 3.05) is 18.5 Å². The highest BCUT2D eigenvalue weighted by atomic mass is 16.6. The van der Waals surface area contributed by atoms with Crippen molar-refractivity contribution < 1.29 is 25.0 Å². The van der Waals surface area contributed by atoms with E-state index < -0.39 is 28.2 Å². The lowest BCUT2D eigenvalue weighted by atomic mass is 10.1. The zero-order valence-electron chi connectivity index (χ0n) is 9.24. The highest BCUT2D eigenvalue weighted by Gasteiger charge is 2.20. The van der Waals surface area contributed by atoms with Crippen LogP contribution < -0.4 is 5.32 Å². The lowest BCUT2D eigenvalue weighted by molar-refractivity contribution is -0.385. The zero-order chi connectivity index (χ0) is 13.7. The third kappa shape index (κ3) is 3.15. The topological polar surface area (TPSA) is 133 Å². The van der Waals surface area contributed by atoms with E-state index in [1.807, 2.05) is 0 Å². The standard InChI is InChI=1S/C10H12N2O6/c13-4-7(5-14)11-6-1-2-9(12(17)18)8(3-6)10(15)16/h1-3,7,11,13-14H,4-5H2,(H,15,16). The third-order valence-corrected chi connectivity index (χ3v) is 2.24. The molecular weight excluding hydrogens is 244 g/mol. The number of nitro benzene ring substituents is 1. The predicted molar refractivity (Wildman–Crippen MR) is 61.6 cm³/mol. The monoisotopic (exact) mass is 256 g/mol. The minimum absolute atomic E-state index is 0.270. The molecule has 0 amide bonds. The Morgan fingerprint density at radius 1 is 1.39 bits per heavy atom. The van der Waals surface area contributed by atoms with Gasteiger partial charge in [-0.25, -0.2) is 4.79 Å². The first-order chi connectivity index (χ1) is 8.49. The van der Waals surface area contributed by atoms with Gasteiger partial charge in [0.15, 0.2) is 0 Å². The van der Waals surface area contributed by atoms with Gasteiger partial charge in [0.05, 0.1) is 24.2 Å². The van der Waals surface area contributed by atoms with Crippen LogP contribution in [0.1, 0.15) is 10.4 Å². The van der Waals surface area contributed by atoms with Gasteiger partial charge in [0.2, 0.25) is 0 Å². The maximum Gasteiger partial charge on any atom is 0.342 e. The van der Waals surface area contributed by atoms with Crippen LogP contribution in [-0.4, -0.2) is 45.5 Å². The number of benzene rings is 1. The van der Waals surface area contributed by atoms with Crippen LogP contribution in [0.2, 0.25) is 0 Å². The predicted octanol–water partition coefficient (Wildman–Crippen LogP) is 0.0581. The number of aliphatic hydroxyl groups is 2. The summed E-state index contributed by atoms with van der Waals surface area (Å²) in [6.07, 6.45) is 0. The molecule has 8 heteroatoms. The fourth-order valence-electron chi connectivity index (χ4n) is 1.34. The van der Waals surface area contributed by atoms with E-state index in [-0.39, 0.29) is 18.9 Å². The number of nitrogens with one attached hydrogen (secondary N) is 1. The molecule has 8 nitrogen and oxygen atoms in total. The van der Waals surface area contributed by atoms with Crippen molar-refractivity contribution in [2.45, 2.75) is 6.04 Å². The molecule has 0 unspecified atom stereocenters. The molecule has 98 valence electrons. The second kappa shape index (κ2) is 5.94. The summed E-state index contributed by atoms with van der Waals surface area (Å²) in [7, 11) is 0. The SMILES string of the molecule is O=C(O)c1cc(NC(CO)CO)ccc1[N+](=O)[O-]. The van der Waals surface area contributed by atoms with Crippen molar-refractivity contribution >= 4 is 17.3 Å². The molecule has 1 aromatic rings. The molecular formula is C10H12N2O6. The van der Waals surface area contributed by atoms with Crippen LogP contribution in [0.25, 0.3) is 0 Å². The third-order valence-electron chi connectivity index (χ3n) is 2.24. The van der Waals surface area contributed by atoms with E-state index in [1.54, 1.807) is 0 Å². The largest absolute Gasteiger partial charge is 0.477 e. The number of hydrogen-bond acceptors (Lipinski definition) is 6. The summed E-state index contributed by atoms with van der Waals surface area (Å²) in [5.74, 6) is -1.42. The Hall–Kier alpha value is -2.19. The van der Waals surface area contributed by atoms with Gasteiger partial charge in [-0.05, 0) is 12.1 Å². The molecule has 0 aliphatic rings. The average Bonchev–Trinajstić information content (AvgIpc) is 2.35. The lowest BCUT2D eigenvalue weighted by Crippen LogP contribution is -2.27. The van der Waals surface area contributed by atoms with Gasteiger partial charge in [-0.3, -0.25) is 10.1 Å². The van der Waals surface area contributed by atoms with Crippen LogP contribution in [0.15, 0.2) is 18.2 Å². The van der Waals surface area contributed by atoms with E-state index in [9.17, 15) is 14.9 Å². The molecule has 0 heterocycles. The number of rotatable bonds is 6. The summed E-state index contributed by atoms with van der Waals surface area (Å²) in [4.78, 5) is 20.7. The number of nitrogens with zero attached hydrogens (tertiary/aromatic N) is 1. The number of aliphatic hydroxyl groups excluding tert-OH is 2. The summed E-state index contributed by atoms with van der Waals surface area (Å²) in [6, 6.07) is 2.78. The number of nitro groups is 1. The Morgan fingerprint density at radius 3 is 2.44 bits per heavy atom. The van der Waals surface area contributed by atoms with Crippen LogP contribution >= 0.6 is 0 Å². The first kappa shape index (κ1) is 13.9. The first-order valence-corrected chi connectivity index (χ1v) is 4.99. The van der Waals surface area contributed by atoms with Crippen molar-refractivity contribution in [3.8, 4) is 0 Å². The minimum atomic E-state index is -1.42. The zero-order valence-corrected chi connectivity index (χ0v) is 9.24. The minimum Gasteiger partial charge on any atom is -0.477 e. The number of aromatic carboxylic acids is 1. The summed E-state index contributed by atoms with van der Waals surface area (Å²) in [5.41, 5.74) is -0.705. The van der Waals surface area contributed by atoms with Crippen LogP contribution in [0, 0.1) is 10.1 Å². The maximum absolute atomic E-state index is 10.9. The van der Waals surface area contributed by atoms with Crippen molar-refractivity contribution in [1.29, 1.82) is 0 Å². The molecule has 4 N–H and O–H groups in total. The van der Waals surface area contributed by atoms with E-state index >= 15 is 0 Å². The molecule has 0 bridgehead atoms. The van der Waals surface area contributed by atoms with Gasteiger partial charge in [0, 0.05) is 11.8 Å². The molecule has 18 heavy (non-hydrogen) atoms. The van der Waals surface area contributed by atoms with Crippen molar-refractivity contribution in [1.82, 2.24) is 0 Å². The molecule has 0 fully saturated rings. The molecule has 0 saturated carbocycles. The van der Waals surface area contributed by atoms with Gasteiger partial charge in [-0.1, -0.05) is 0 Å². The van der Waals surface area contributed by atoms with Crippen LogP contribution in [0.3, 0.4) is 0 Å². The molecule has 0 atom stereocenters. The normalized spacial score (nSPS) is 10.4. The molecule has 0 spiro atoms. The summed E-state index contributed by atoms with van der Waals surface area (Å²) < 4.78 is 0. The molecule has 0 aliphatic carbocycles. The fourth-order valence-corrected chi connectivity index (χ4v) is 1.34. The van der Waals surface area contributed by atoms with E-state index in [4.69, 9.17) is 15.3 Å². The maximum atomic E-state index is 10.9. The summed E-state index contributed by atoms with van der Waals surface area (Å²) in [5, 5.41) is 39.8. The average molecular weight is 256 g/mol. The van der Waals surface area contributed by atoms with E-state index in [0.717, 1.165) is 12.1 Å². The lowest BCUT2D eigenvalue weighted by Gasteiger charge is -2.14. The van der Waals surface area contributed by atoms with Crippen LogP contribution in [0.5, 0.6) is 0 Å². The number of carboxylic acids is 1. The highest BCUT2D eigenvalue weighted by molar-refractivity contribution is 5.93. The van der Waals surface area contributed by atoms with E-state index in [0.29, 0.717) is 0 Å². The van der Waals surface area contributed by atoms with Crippen molar-refractivity contribution in [3.05, 3.63) is 33.9 Å². The van der Waals surface area contributed by atoms with Gasteiger partial charge in [-0.15, -0.1) is 0 Å². The quantitative estimate of drug-likeness (QED) is 0.417. The van der Waals surface area contributed by atoms with Gasteiger partial charge in [0.1, 0.15) is 5.56 Å². The van der Waals surface area contributed by atoms with Crippen molar-refractivity contribution in [3.63, 3.8) is 0 Å². The molecule has 0 radical (unpaired) electrons. The van der Waals surface area contributed by atoms with E-state index in [1.165, 1.54) is 6.07 Å². The van der Waals surface area contributed by atoms with Crippen LogP contribution in [-0.2, 0) is 0 Å². The number of carboxylic acid groups (broad SMARTS) is 1. The molecule has 1 aromatic carbocycles. The van der Waals surface area contributed by atoms with Gasteiger partial charge in [-0.2, -0.15) is 0 Å². The second-order valence-electron chi connectivity index (χ2n) is 3.50. The Labute approximate surface area is 102 Å². The molecule has 0 saturated heterocycles. The van der Waals surface area contributed by atoms with Gasteiger partial charge >= 0.3 is 5.97 Å². The van der Waals surface area contributed by atoms with Gasteiger partial charge in [0.25, 0.3) is 5.69 Å². The fraction of sp³-hybridized carbons (Fsp3) is 0.300. The Balaban J connectivity index is 3.07. The Morgan fingerprint density at radius 2 is 2.00 bits per heavy atom. The Kier molecular flexibility index (Phi) is 4.58. The first-order valence-electron chi connectivity index (χ1n) is 4.99. The smallest absolute Gasteiger partial charge is 0.342 e. The highest BCUT2D eigenvalue weighted by Crippen LogP contribution is 2.23.